The van der Waals surface area contributed by atoms with Crippen LogP contribution < -0.4 is 9.80 Å². The van der Waals surface area contributed by atoms with Crippen molar-refractivity contribution >= 4 is 110 Å². The van der Waals surface area contributed by atoms with E-state index in [-0.39, 0.29) is 0 Å². The maximum absolute atomic E-state index is 6.59. The molecule has 4 heteroatoms. The minimum Gasteiger partial charge on any atom is -0.455 e. The molecule has 72 heavy (non-hydrogen) atoms. The Balaban J connectivity index is 0.987. The second-order valence-corrected chi connectivity index (χ2v) is 19.0. The molecule has 0 radical (unpaired) electrons. The normalized spacial score (nSPS) is 11.8. The van der Waals surface area contributed by atoms with E-state index in [0.29, 0.717) is 0 Å². The minimum atomic E-state index is 0.892. The van der Waals surface area contributed by atoms with Crippen LogP contribution in [0.5, 0.6) is 0 Å². The van der Waals surface area contributed by atoms with E-state index in [0.717, 1.165) is 111 Å². The first kappa shape index (κ1) is 41.6. The highest BCUT2D eigenvalue weighted by atomic mass is 16.3. The molecule has 0 fully saturated rings. The van der Waals surface area contributed by atoms with Gasteiger partial charge in [-0.1, -0.05) is 170 Å². The second kappa shape index (κ2) is 16.6. The number of nitrogens with zero attached hydrogens (tertiary/aromatic N) is 2. The van der Waals surface area contributed by atoms with Crippen molar-refractivity contribution in [2.24, 2.45) is 0 Å². The molecule has 0 aliphatic heterocycles. The number of hydrogen-bond donors (Lipinski definition) is 0. The number of hydrogen-bond acceptors (Lipinski definition) is 4. The largest absolute Gasteiger partial charge is 0.455 e. The van der Waals surface area contributed by atoms with Gasteiger partial charge in [-0.15, -0.1) is 0 Å². The van der Waals surface area contributed by atoms with Gasteiger partial charge in [-0.25, -0.2) is 0 Å². The molecule has 0 atom stereocenters. The molecule has 12 aromatic carbocycles. The molecule has 2 heterocycles. The molecule has 4 nitrogen and oxygen atoms in total. The number of anilines is 6. The van der Waals surface area contributed by atoms with Gasteiger partial charge in [-0.05, 0) is 130 Å². The van der Waals surface area contributed by atoms with E-state index >= 15 is 0 Å². The van der Waals surface area contributed by atoms with Gasteiger partial charge in [-0.3, -0.25) is 0 Å². The summed E-state index contributed by atoms with van der Waals surface area (Å²) in [4.78, 5) is 4.87. The van der Waals surface area contributed by atoms with Crippen molar-refractivity contribution in [2.45, 2.75) is 13.8 Å². The van der Waals surface area contributed by atoms with Gasteiger partial charge in [0, 0.05) is 66.2 Å². The summed E-state index contributed by atoms with van der Waals surface area (Å²) in [5, 5.41) is 11.5. The summed E-state index contributed by atoms with van der Waals surface area (Å²) in [6.45, 7) is 4.34. The Bertz CT molecular complexity index is 4180. The van der Waals surface area contributed by atoms with Gasteiger partial charge in [0.05, 0.1) is 11.4 Å². The molecular weight excluding hydrogens is 877 g/mol. The zero-order valence-corrected chi connectivity index (χ0v) is 39.8. The smallest absolute Gasteiger partial charge is 0.143 e. The van der Waals surface area contributed by atoms with E-state index < -0.39 is 0 Å². The number of rotatable bonds is 8. The van der Waals surface area contributed by atoms with Crippen LogP contribution in [0.4, 0.5) is 34.1 Å². The molecule has 0 unspecified atom stereocenters. The van der Waals surface area contributed by atoms with Gasteiger partial charge >= 0.3 is 0 Å². The Morgan fingerprint density at radius 3 is 1.04 bits per heavy atom. The quantitative estimate of drug-likeness (QED) is 0.142. The fraction of sp³-hybridized carbons (Fsp3) is 0.0294. The summed E-state index contributed by atoms with van der Waals surface area (Å²) in [6, 6.07) is 87.7. The van der Waals surface area contributed by atoms with Crippen molar-refractivity contribution in [1.29, 1.82) is 0 Å². The lowest BCUT2D eigenvalue weighted by Gasteiger charge is -2.30. The highest BCUT2D eigenvalue weighted by Gasteiger charge is 2.24. The Hall–Kier alpha value is -9.38. The average molecular weight is 923 g/mol. The van der Waals surface area contributed by atoms with Crippen LogP contribution in [0.2, 0.25) is 0 Å². The lowest BCUT2D eigenvalue weighted by Crippen LogP contribution is -2.12. The molecule has 0 aliphatic carbocycles. The number of benzene rings is 12. The van der Waals surface area contributed by atoms with Crippen LogP contribution in [0, 0.1) is 13.8 Å². The predicted molar refractivity (Wildman–Crippen MR) is 303 cm³/mol. The summed E-state index contributed by atoms with van der Waals surface area (Å²) in [5.41, 5.74) is 16.7. The molecule has 0 N–H and O–H groups in total. The minimum absolute atomic E-state index is 0.892. The highest BCUT2D eigenvalue weighted by molar-refractivity contribution is 6.25. The topological polar surface area (TPSA) is 32.8 Å². The van der Waals surface area contributed by atoms with E-state index in [1.807, 2.05) is 12.1 Å². The van der Waals surface area contributed by atoms with Gasteiger partial charge in [0.2, 0.25) is 0 Å². The van der Waals surface area contributed by atoms with Gasteiger partial charge in [0.1, 0.15) is 22.3 Å². The molecule has 2 aromatic heterocycles. The van der Waals surface area contributed by atoms with E-state index in [2.05, 4.69) is 254 Å². The van der Waals surface area contributed by atoms with Crippen LogP contribution in [-0.4, -0.2) is 0 Å². The third-order valence-electron chi connectivity index (χ3n) is 14.5. The molecule has 0 amide bonds. The van der Waals surface area contributed by atoms with Crippen LogP contribution in [0.25, 0.3) is 98.4 Å². The van der Waals surface area contributed by atoms with Crippen LogP contribution >= 0.6 is 0 Å². The van der Waals surface area contributed by atoms with Gasteiger partial charge in [0.25, 0.3) is 0 Å². The zero-order chi connectivity index (χ0) is 47.9. The van der Waals surface area contributed by atoms with E-state index in [1.54, 1.807) is 0 Å². The molecule has 14 rings (SSSR count). The maximum atomic E-state index is 6.59. The Morgan fingerprint density at radius 1 is 0.264 bits per heavy atom. The SMILES string of the molecule is Cc1cccc(N(c2cccc(-c3cccc4c3oc3ccccc34)c2)c2cc3c4ccccc4c(N(c4cccc(C)c4)c4cccc(-c5cccc6c5oc5ccccc56)c4)cc3c3ccccc23)c1. The second-order valence-electron chi connectivity index (χ2n) is 19.0. The number of para-hydroxylation sites is 4. The third-order valence-corrected chi connectivity index (χ3v) is 14.5. The van der Waals surface area contributed by atoms with Crippen molar-refractivity contribution in [3.8, 4) is 22.3 Å². The van der Waals surface area contributed by atoms with Crippen LogP contribution in [0.1, 0.15) is 11.1 Å². The third kappa shape index (κ3) is 6.75. The standard InChI is InChI=1S/C68H46N2O2/c1-43-17-11-21-47(37-43)69(49-23-13-19-45(39-49)51-31-15-33-59-57-29-7-9-35-65(57)71-67(51)59)63-41-61-54-26-4-6-28-56(54)64(42-62(61)53-25-3-5-27-55(53)63)70(48-22-12-18-44(2)38-48)50-24-14-20-46(40-50)52-32-16-34-60-58-30-8-10-36-66(58)72-68(52)60/h3-42H,1-2H3. The average Bonchev–Trinajstić information content (AvgIpc) is 4.01. The van der Waals surface area contributed by atoms with Gasteiger partial charge in [-0.2, -0.15) is 0 Å². The van der Waals surface area contributed by atoms with Crippen LogP contribution in [0.3, 0.4) is 0 Å². The molecule has 0 aliphatic rings. The monoisotopic (exact) mass is 922 g/mol. The molecule has 0 saturated heterocycles. The van der Waals surface area contributed by atoms with Crippen molar-refractivity contribution in [3.63, 3.8) is 0 Å². The van der Waals surface area contributed by atoms with Crippen molar-refractivity contribution in [1.82, 2.24) is 0 Å². The summed E-state index contributed by atoms with van der Waals surface area (Å²) in [7, 11) is 0. The summed E-state index contributed by atoms with van der Waals surface area (Å²) in [5.74, 6) is 0. The lowest BCUT2D eigenvalue weighted by atomic mass is 9.93. The van der Waals surface area contributed by atoms with Crippen molar-refractivity contribution in [2.75, 3.05) is 9.80 Å². The van der Waals surface area contributed by atoms with Crippen LogP contribution in [-0.2, 0) is 0 Å². The summed E-state index contributed by atoms with van der Waals surface area (Å²) >= 11 is 0. The first-order valence-corrected chi connectivity index (χ1v) is 24.6. The molecule has 0 spiro atoms. The first-order valence-electron chi connectivity index (χ1n) is 24.6. The number of aryl methyl sites for hydroxylation is 2. The predicted octanol–water partition coefficient (Wildman–Crippen LogP) is 19.8. The first-order chi connectivity index (χ1) is 35.5. The van der Waals surface area contributed by atoms with E-state index in [9.17, 15) is 0 Å². The van der Waals surface area contributed by atoms with E-state index in [4.69, 9.17) is 8.83 Å². The van der Waals surface area contributed by atoms with Crippen LogP contribution in [0.15, 0.2) is 251 Å². The Labute approximate surface area is 416 Å². The van der Waals surface area contributed by atoms with Crippen molar-refractivity contribution in [3.05, 3.63) is 254 Å². The number of fused-ring (bicyclic) bond motifs is 11. The van der Waals surface area contributed by atoms with Gasteiger partial charge in [0.15, 0.2) is 0 Å². The lowest BCUT2D eigenvalue weighted by molar-refractivity contribution is 0.669. The van der Waals surface area contributed by atoms with E-state index in [1.165, 1.54) is 32.7 Å². The van der Waals surface area contributed by atoms with Gasteiger partial charge < -0.3 is 18.6 Å². The Kier molecular flexibility index (Phi) is 9.62. The fourth-order valence-electron chi connectivity index (χ4n) is 11.2. The molecule has 0 saturated carbocycles. The number of furan rings is 2. The summed E-state index contributed by atoms with van der Waals surface area (Å²) < 4.78 is 13.2. The maximum Gasteiger partial charge on any atom is 0.143 e. The fourth-order valence-corrected chi connectivity index (χ4v) is 11.2. The summed E-state index contributed by atoms with van der Waals surface area (Å²) in [6.07, 6.45) is 0. The molecule has 0 bridgehead atoms. The molecule has 340 valence electrons. The highest BCUT2D eigenvalue weighted by Crippen LogP contribution is 2.49. The zero-order valence-electron chi connectivity index (χ0n) is 39.8. The van der Waals surface area contributed by atoms with Crippen molar-refractivity contribution < 1.29 is 8.83 Å². The molecule has 14 aromatic rings. The Morgan fingerprint density at radius 2 is 0.611 bits per heavy atom. The molecular formula is C68H46N2O2.